The van der Waals surface area contributed by atoms with Gasteiger partial charge in [-0.1, -0.05) is 37.3 Å². The molecule has 1 aliphatic heterocycles. The maximum Gasteiger partial charge on any atom is 0.117 e. The van der Waals surface area contributed by atoms with Gasteiger partial charge in [0, 0.05) is 30.4 Å². The minimum atomic E-state index is -0.256. The molecule has 0 amide bonds. The van der Waals surface area contributed by atoms with Crippen molar-refractivity contribution in [1.29, 1.82) is 0 Å². The molecule has 146 valence electrons. The number of hydrogen-bond donors (Lipinski definition) is 1. The molecule has 1 aromatic carbocycles. The lowest BCUT2D eigenvalue weighted by Crippen LogP contribution is -2.50. The summed E-state index contributed by atoms with van der Waals surface area (Å²) in [5.74, 6) is 0. The Hall–Kier alpha value is -1.75. The summed E-state index contributed by atoms with van der Waals surface area (Å²) in [6.07, 6.45) is 2.06. The molecule has 2 aromatic rings. The summed E-state index contributed by atoms with van der Waals surface area (Å²) < 4.78 is 6.38. The first-order valence-corrected chi connectivity index (χ1v) is 9.92. The number of pyridine rings is 1. The summed E-state index contributed by atoms with van der Waals surface area (Å²) in [7, 11) is 0. The molecule has 1 N–H and O–H groups in total. The van der Waals surface area contributed by atoms with Crippen molar-refractivity contribution < 1.29 is 4.74 Å². The lowest BCUT2D eigenvalue weighted by Gasteiger charge is -2.40. The van der Waals surface area contributed by atoms with Crippen LogP contribution in [0.25, 0.3) is 11.1 Å². The van der Waals surface area contributed by atoms with Crippen LogP contribution in [0.1, 0.15) is 58.9 Å². The molecule has 4 heteroatoms. The van der Waals surface area contributed by atoms with Gasteiger partial charge in [-0.2, -0.15) is 0 Å². The first-order chi connectivity index (χ1) is 12.7. The second-order valence-electron chi connectivity index (χ2n) is 8.78. The molecule has 1 unspecified atom stereocenters. The van der Waals surface area contributed by atoms with Crippen molar-refractivity contribution in [3.8, 4) is 11.1 Å². The van der Waals surface area contributed by atoms with E-state index in [9.17, 15) is 0 Å². The van der Waals surface area contributed by atoms with Gasteiger partial charge >= 0.3 is 0 Å². The molecular formula is C23H33N3O. The molecule has 1 fully saturated rings. The molecule has 4 nitrogen and oxygen atoms in total. The van der Waals surface area contributed by atoms with Crippen LogP contribution in [0, 0.1) is 0 Å². The smallest absolute Gasteiger partial charge is 0.117 e. The molecule has 2 heterocycles. The highest BCUT2D eigenvalue weighted by atomic mass is 16.5. The molecule has 0 bridgehead atoms. The highest BCUT2D eigenvalue weighted by molar-refractivity contribution is 5.62. The van der Waals surface area contributed by atoms with Crippen molar-refractivity contribution in [3.63, 3.8) is 0 Å². The average molecular weight is 368 g/mol. The van der Waals surface area contributed by atoms with Gasteiger partial charge in [-0.15, -0.1) is 0 Å². The van der Waals surface area contributed by atoms with Crippen LogP contribution in [-0.2, 0) is 11.3 Å². The first kappa shape index (κ1) is 20.0. The van der Waals surface area contributed by atoms with Gasteiger partial charge in [-0.3, -0.25) is 9.88 Å². The van der Waals surface area contributed by atoms with E-state index in [1.165, 1.54) is 11.1 Å². The highest BCUT2D eigenvalue weighted by Crippen LogP contribution is 2.40. The topological polar surface area (TPSA) is 37.4 Å². The lowest BCUT2D eigenvalue weighted by molar-refractivity contribution is -0.103. The van der Waals surface area contributed by atoms with Crippen LogP contribution < -0.4 is 5.32 Å². The molecule has 1 saturated heterocycles. The number of hydrogen-bond acceptors (Lipinski definition) is 4. The molecule has 1 aliphatic rings. The second-order valence-corrected chi connectivity index (χ2v) is 8.78. The van der Waals surface area contributed by atoms with E-state index >= 15 is 0 Å². The van der Waals surface area contributed by atoms with Gasteiger partial charge in [-0.25, -0.2) is 0 Å². The summed E-state index contributed by atoms with van der Waals surface area (Å²) >= 11 is 0. The van der Waals surface area contributed by atoms with Gasteiger partial charge in [0.1, 0.15) is 5.72 Å². The number of benzene rings is 1. The average Bonchev–Trinajstić information content (AvgIpc) is 2.96. The Bertz CT molecular complexity index is 745. The van der Waals surface area contributed by atoms with Crippen molar-refractivity contribution in [3.05, 3.63) is 53.9 Å². The van der Waals surface area contributed by atoms with Crippen LogP contribution >= 0.6 is 0 Å². The predicted octanol–water partition coefficient (Wildman–Crippen LogP) is 4.77. The van der Waals surface area contributed by atoms with E-state index in [1.54, 1.807) is 0 Å². The molecule has 0 radical (unpaired) electrons. The number of ether oxygens (including phenoxy) is 1. The Labute approximate surface area is 164 Å². The third kappa shape index (κ3) is 4.57. The van der Waals surface area contributed by atoms with Crippen molar-refractivity contribution in [2.45, 2.75) is 65.5 Å². The monoisotopic (exact) mass is 367 g/mol. The third-order valence-electron chi connectivity index (χ3n) is 5.24. The van der Waals surface area contributed by atoms with E-state index in [4.69, 9.17) is 4.74 Å². The zero-order valence-corrected chi connectivity index (χ0v) is 17.5. The molecule has 27 heavy (non-hydrogen) atoms. The molecule has 1 atom stereocenters. The fraction of sp³-hybridized carbons (Fsp3) is 0.522. The van der Waals surface area contributed by atoms with Gasteiger partial charge in [0.25, 0.3) is 0 Å². The van der Waals surface area contributed by atoms with Gasteiger partial charge in [0.2, 0.25) is 0 Å². The minimum absolute atomic E-state index is 0.0816. The molecule has 3 rings (SSSR count). The SMILES string of the molecule is CCNCc1ccc(-c2ccc(C3CN(C(C)(C)C)C(C)(C)O3)cc2)cn1. The van der Waals surface area contributed by atoms with E-state index in [0.717, 1.165) is 30.9 Å². The normalized spacial score (nSPS) is 20.1. The van der Waals surface area contributed by atoms with Crippen LogP contribution in [0.5, 0.6) is 0 Å². The maximum atomic E-state index is 6.38. The summed E-state index contributed by atoms with van der Waals surface area (Å²) in [6.45, 7) is 15.8. The minimum Gasteiger partial charge on any atom is -0.352 e. The zero-order valence-electron chi connectivity index (χ0n) is 17.5. The Morgan fingerprint density at radius 2 is 1.78 bits per heavy atom. The Balaban J connectivity index is 1.72. The van der Waals surface area contributed by atoms with Crippen LogP contribution in [0.3, 0.4) is 0 Å². The predicted molar refractivity (Wildman–Crippen MR) is 111 cm³/mol. The quantitative estimate of drug-likeness (QED) is 0.826. The van der Waals surface area contributed by atoms with Gasteiger partial charge < -0.3 is 10.1 Å². The Morgan fingerprint density at radius 3 is 2.30 bits per heavy atom. The van der Waals surface area contributed by atoms with E-state index in [0.29, 0.717) is 0 Å². The van der Waals surface area contributed by atoms with Gasteiger partial charge in [0.05, 0.1) is 11.8 Å². The van der Waals surface area contributed by atoms with Crippen LogP contribution in [0.4, 0.5) is 0 Å². The van der Waals surface area contributed by atoms with E-state index < -0.39 is 0 Å². The van der Waals surface area contributed by atoms with Crippen molar-refractivity contribution >= 4 is 0 Å². The van der Waals surface area contributed by atoms with Crippen LogP contribution in [0.2, 0.25) is 0 Å². The van der Waals surface area contributed by atoms with E-state index in [-0.39, 0.29) is 17.4 Å². The second kappa shape index (κ2) is 7.70. The highest BCUT2D eigenvalue weighted by Gasteiger charge is 2.44. The third-order valence-corrected chi connectivity index (χ3v) is 5.24. The zero-order chi connectivity index (χ0) is 19.7. The number of nitrogens with one attached hydrogen (secondary N) is 1. The largest absolute Gasteiger partial charge is 0.352 e. The van der Waals surface area contributed by atoms with Crippen molar-refractivity contribution in [1.82, 2.24) is 15.2 Å². The Morgan fingerprint density at radius 1 is 1.11 bits per heavy atom. The van der Waals surface area contributed by atoms with Crippen molar-refractivity contribution in [2.24, 2.45) is 0 Å². The molecular weight excluding hydrogens is 334 g/mol. The number of rotatable bonds is 5. The van der Waals surface area contributed by atoms with Gasteiger partial charge in [0.15, 0.2) is 0 Å². The number of aromatic nitrogens is 1. The molecule has 0 aliphatic carbocycles. The molecule has 1 aromatic heterocycles. The summed E-state index contributed by atoms with van der Waals surface area (Å²) in [4.78, 5) is 6.99. The first-order valence-electron chi connectivity index (χ1n) is 9.92. The fourth-order valence-corrected chi connectivity index (χ4v) is 3.93. The summed E-state index contributed by atoms with van der Waals surface area (Å²) in [5, 5.41) is 3.30. The van der Waals surface area contributed by atoms with Crippen LogP contribution in [-0.4, -0.2) is 34.2 Å². The summed E-state index contributed by atoms with van der Waals surface area (Å²) in [6, 6.07) is 13.0. The molecule has 0 saturated carbocycles. The summed E-state index contributed by atoms with van der Waals surface area (Å²) in [5.41, 5.74) is 4.46. The number of nitrogens with zero attached hydrogens (tertiary/aromatic N) is 2. The fourth-order valence-electron chi connectivity index (χ4n) is 3.93. The Kier molecular flexibility index (Phi) is 5.71. The van der Waals surface area contributed by atoms with Crippen LogP contribution in [0.15, 0.2) is 42.6 Å². The van der Waals surface area contributed by atoms with Crippen molar-refractivity contribution in [2.75, 3.05) is 13.1 Å². The maximum absolute atomic E-state index is 6.38. The molecule has 0 spiro atoms. The lowest BCUT2D eigenvalue weighted by atomic mass is 10.0. The standard InChI is InChI=1S/C23H33N3O/c1-7-24-15-20-13-12-19(14-25-20)17-8-10-18(11-9-17)21-16-26(22(2,3)4)23(5,6)27-21/h8-14,21,24H,7,15-16H2,1-6H3. The van der Waals surface area contributed by atoms with E-state index in [1.807, 2.05) is 6.20 Å². The van der Waals surface area contributed by atoms with E-state index in [2.05, 4.69) is 93.1 Å². The van der Waals surface area contributed by atoms with Gasteiger partial charge in [-0.05, 0) is 58.4 Å².